The van der Waals surface area contributed by atoms with Crippen LogP contribution in [0.2, 0.25) is 5.02 Å². The van der Waals surface area contributed by atoms with Crippen LogP contribution < -0.4 is 9.64 Å². The zero-order valence-electron chi connectivity index (χ0n) is 14.1. The molecule has 1 fully saturated rings. The average Bonchev–Trinajstić information content (AvgIpc) is 2.62. The van der Waals surface area contributed by atoms with E-state index in [-0.39, 0.29) is 0 Å². The van der Waals surface area contributed by atoms with E-state index in [1.165, 1.54) is 10.5 Å². The van der Waals surface area contributed by atoms with Crippen LogP contribution in [-0.2, 0) is 16.6 Å². The lowest BCUT2D eigenvalue weighted by Gasteiger charge is -2.31. The van der Waals surface area contributed by atoms with Gasteiger partial charge in [-0.2, -0.15) is 4.31 Å². The number of hydrogen-bond donors (Lipinski definition) is 1. The second-order valence-corrected chi connectivity index (χ2v) is 8.51. The number of nitrogens with zero attached hydrogens (tertiary/aromatic N) is 1. The molecule has 7 heteroatoms. The van der Waals surface area contributed by atoms with Gasteiger partial charge in [0.05, 0.1) is 38.2 Å². The lowest BCUT2D eigenvalue weighted by molar-refractivity contribution is -0.917. The number of sulfonamides is 1. The second kappa shape index (κ2) is 7.74. The summed E-state index contributed by atoms with van der Waals surface area (Å²) < 4.78 is 32.2. The number of hydrogen-bond acceptors (Lipinski definition) is 3. The molecule has 0 radical (unpaired) electrons. The number of benzene rings is 2. The highest BCUT2D eigenvalue weighted by Gasteiger charge is 2.30. The van der Waals surface area contributed by atoms with Crippen LogP contribution in [0.3, 0.4) is 0 Å². The first-order valence-corrected chi connectivity index (χ1v) is 10.0. The van der Waals surface area contributed by atoms with E-state index in [1.54, 1.807) is 35.7 Å². The summed E-state index contributed by atoms with van der Waals surface area (Å²) in [6, 6.07) is 14.4. The normalized spacial score (nSPS) is 16.7. The second-order valence-electron chi connectivity index (χ2n) is 6.14. The van der Waals surface area contributed by atoms with Gasteiger partial charge in [-0.05, 0) is 36.4 Å². The van der Waals surface area contributed by atoms with E-state index in [4.69, 9.17) is 16.3 Å². The van der Waals surface area contributed by atoms with E-state index in [0.29, 0.717) is 23.7 Å². The number of nitrogens with one attached hydrogen (secondary N) is 1. The third-order valence-corrected chi connectivity index (χ3v) is 6.62. The fourth-order valence-electron chi connectivity index (χ4n) is 3.05. The molecule has 0 saturated carbocycles. The lowest BCUT2D eigenvalue weighted by atomic mass is 10.2. The molecule has 1 saturated heterocycles. The maximum Gasteiger partial charge on any atom is 0.243 e. The van der Waals surface area contributed by atoms with Crippen molar-refractivity contribution >= 4 is 21.6 Å². The Balaban J connectivity index is 1.62. The van der Waals surface area contributed by atoms with E-state index >= 15 is 0 Å². The van der Waals surface area contributed by atoms with Crippen molar-refractivity contribution in [1.82, 2.24) is 4.31 Å². The quantitative estimate of drug-likeness (QED) is 0.852. The molecule has 0 spiro atoms. The van der Waals surface area contributed by atoms with Crippen LogP contribution in [0.4, 0.5) is 0 Å². The van der Waals surface area contributed by atoms with E-state index in [9.17, 15) is 8.42 Å². The summed E-state index contributed by atoms with van der Waals surface area (Å²) in [6.45, 7) is 3.45. The van der Waals surface area contributed by atoms with Crippen molar-refractivity contribution in [3.63, 3.8) is 0 Å². The summed E-state index contributed by atoms with van der Waals surface area (Å²) in [5.74, 6) is 0.648. The van der Waals surface area contributed by atoms with Crippen LogP contribution in [-0.4, -0.2) is 46.0 Å². The standard InChI is InChI=1S/C18H21ClN2O3S/c1-24-17-5-7-18(8-6-17)25(22,23)21-11-9-20(10-12-21)14-15-3-2-4-16(19)13-15/h2-8,13H,9-12,14H2,1H3/p+1. The molecule has 1 aliphatic heterocycles. The van der Waals surface area contributed by atoms with Crippen molar-refractivity contribution in [3.8, 4) is 5.75 Å². The smallest absolute Gasteiger partial charge is 0.243 e. The Morgan fingerprint density at radius 2 is 1.80 bits per heavy atom. The van der Waals surface area contributed by atoms with Gasteiger partial charge in [-0.1, -0.05) is 23.7 Å². The van der Waals surface area contributed by atoms with Crippen molar-refractivity contribution in [3.05, 3.63) is 59.1 Å². The van der Waals surface area contributed by atoms with Gasteiger partial charge in [-0.15, -0.1) is 0 Å². The fraction of sp³-hybridized carbons (Fsp3) is 0.333. The van der Waals surface area contributed by atoms with E-state index in [1.807, 2.05) is 18.2 Å². The maximum absolute atomic E-state index is 12.8. The molecule has 5 nitrogen and oxygen atoms in total. The maximum atomic E-state index is 12.8. The SMILES string of the molecule is COc1ccc(S(=O)(=O)N2CC[NH+](Cc3cccc(Cl)c3)CC2)cc1. The number of piperazine rings is 1. The van der Waals surface area contributed by atoms with Gasteiger partial charge in [0.15, 0.2) is 0 Å². The van der Waals surface area contributed by atoms with Gasteiger partial charge in [0.1, 0.15) is 12.3 Å². The van der Waals surface area contributed by atoms with Crippen LogP contribution in [0.15, 0.2) is 53.4 Å². The monoisotopic (exact) mass is 381 g/mol. The van der Waals surface area contributed by atoms with Gasteiger partial charge in [-0.3, -0.25) is 0 Å². The molecule has 1 N–H and O–H groups in total. The highest BCUT2D eigenvalue weighted by molar-refractivity contribution is 7.89. The number of quaternary nitrogens is 1. The van der Waals surface area contributed by atoms with Crippen LogP contribution in [0.1, 0.15) is 5.56 Å². The minimum atomic E-state index is -3.45. The van der Waals surface area contributed by atoms with Crippen molar-refractivity contribution in [1.29, 1.82) is 0 Å². The molecule has 25 heavy (non-hydrogen) atoms. The molecule has 0 amide bonds. The van der Waals surface area contributed by atoms with Crippen LogP contribution in [0, 0.1) is 0 Å². The van der Waals surface area contributed by atoms with Crippen molar-refractivity contribution < 1.29 is 18.1 Å². The van der Waals surface area contributed by atoms with Crippen molar-refractivity contribution in [2.75, 3.05) is 33.3 Å². The Morgan fingerprint density at radius 3 is 2.40 bits per heavy atom. The fourth-order valence-corrected chi connectivity index (χ4v) is 4.71. The summed E-state index contributed by atoms with van der Waals surface area (Å²) in [5.41, 5.74) is 1.17. The predicted molar refractivity (Wildman–Crippen MR) is 97.6 cm³/mol. The highest BCUT2D eigenvalue weighted by atomic mass is 35.5. The van der Waals surface area contributed by atoms with Gasteiger partial charge in [-0.25, -0.2) is 8.42 Å². The van der Waals surface area contributed by atoms with Crippen LogP contribution >= 0.6 is 11.6 Å². The van der Waals surface area contributed by atoms with Crippen molar-refractivity contribution in [2.24, 2.45) is 0 Å². The van der Waals surface area contributed by atoms with E-state index < -0.39 is 10.0 Å². The van der Waals surface area contributed by atoms with Gasteiger partial charge in [0.25, 0.3) is 0 Å². The molecule has 1 heterocycles. The summed E-state index contributed by atoms with van der Waals surface area (Å²) in [6.07, 6.45) is 0. The largest absolute Gasteiger partial charge is 0.497 e. The van der Waals surface area contributed by atoms with E-state index in [0.717, 1.165) is 24.7 Å². The average molecular weight is 382 g/mol. The molecule has 0 aliphatic carbocycles. The van der Waals surface area contributed by atoms with Gasteiger partial charge >= 0.3 is 0 Å². The minimum Gasteiger partial charge on any atom is -0.497 e. The summed E-state index contributed by atoms with van der Waals surface area (Å²) >= 11 is 6.03. The third-order valence-electron chi connectivity index (χ3n) is 4.47. The Hall–Kier alpha value is -1.60. The Labute approximate surface area is 153 Å². The molecule has 2 aromatic rings. The first kappa shape index (κ1) is 18.2. The molecule has 2 aromatic carbocycles. The zero-order chi connectivity index (χ0) is 17.9. The highest BCUT2D eigenvalue weighted by Crippen LogP contribution is 2.19. The molecule has 1 aliphatic rings. The van der Waals surface area contributed by atoms with Gasteiger partial charge in [0.2, 0.25) is 10.0 Å². The van der Waals surface area contributed by atoms with Crippen molar-refractivity contribution in [2.45, 2.75) is 11.4 Å². The molecule has 3 rings (SSSR count). The summed E-state index contributed by atoms with van der Waals surface area (Å²) in [4.78, 5) is 1.68. The lowest BCUT2D eigenvalue weighted by Crippen LogP contribution is -3.13. The van der Waals surface area contributed by atoms with Gasteiger partial charge < -0.3 is 9.64 Å². The zero-order valence-corrected chi connectivity index (χ0v) is 15.7. The number of ether oxygens (including phenoxy) is 1. The van der Waals surface area contributed by atoms with Gasteiger partial charge in [0, 0.05) is 10.6 Å². The summed E-state index contributed by atoms with van der Waals surface area (Å²) in [5, 5.41) is 0.734. The Morgan fingerprint density at radius 1 is 1.12 bits per heavy atom. The van der Waals surface area contributed by atoms with E-state index in [2.05, 4.69) is 6.07 Å². The molecule has 0 bridgehead atoms. The Bertz CT molecular complexity index is 816. The molecule has 134 valence electrons. The third kappa shape index (κ3) is 4.33. The first-order chi connectivity index (χ1) is 12.0. The van der Waals surface area contributed by atoms with Crippen LogP contribution in [0.25, 0.3) is 0 Å². The number of halogens is 1. The first-order valence-electron chi connectivity index (χ1n) is 8.21. The molecule has 0 aromatic heterocycles. The number of methoxy groups -OCH3 is 1. The molecule has 0 atom stereocenters. The Kier molecular flexibility index (Phi) is 5.64. The summed E-state index contributed by atoms with van der Waals surface area (Å²) in [7, 11) is -1.89. The van der Waals surface area contributed by atoms with Crippen LogP contribution in [0.5, 0.6) is 5.75 Å². The molecular weight excluding hydrogens is 360 g/mol. The molecule has 0 unspecified atom stereocenters. The predicted octanol–water partition coefficient (Wildman–Crippen LogP) is 1.44. The minimum absolute atomic E-state index is 0.312. The molecular formula is C18H22ClN2O3S+. The topological polar surface area (TPSA) is 51.1 Å². The number of rotatable bonds is 5.